The summed E-state index contributed by atoms with van der Waals surface area (Å²) in [4.78, 5) is -0.808. The van der Waals surface area contributed by atoms with Crippen molar-refractivity contribution in [3.63, 3.8) is 0 Å². The lowest BCUT2D eigenvalue weighted by Crippen LogP contribution is -2.40. The highest BCUT2D eigenvalue weighted by atomic mass is 32.2. The van der Waals surface area contributed by atoms with Crippen LogP contribution in [0.3, 0.4) is 0 Å². The number of sulfonamides is 1. The number of halogens is 2. The molecule has 0 saturated carbocycles. The Balaban J connectivity index is 3.02. The molecule has 102 valence electrons. The number of ether oxygens (including phenoxy) is 1. The van der Waals surface area contributed by atoms with Crippen molar-refractivity contribution in [1.82, 2.24) is 4.72 Å². The number of aliphatic hydroxyl groups excluding tert-OH is 1. The third-order valence-corrected chi connectivity index (χ3v) is 3.63. The molecule has 0 heterocycles. The summed E-state index contributed by atoms with van der Waals surface area (Å²) in [6, 6.07) is 1.17. The van der Waals surface area contributed by atoms with Crippen molar-refractivity contribution in [3.05, 3.63) is 29.8 Å². The van der Waals surface area contributed by atoms with Crippen molar-refractivity contribution in [2.45, 2.75) is 10.9 Å². The Bertz CT molecular complexity index is 507. The zero-order chi connectivity index (χ0) is 13.8. The monoisotopic (exact) mass is 281 g/mol. The number of benzene rings is 1. The molecular weight excluding hydrogens is 268 g/mol. The summed E-state index contributed by atoms with van der Waals surface area (Å²) >= 11 is 0. The van der Waals surface area contributed by atoms with Gasteiger partial charge in [0.1, 0.15) is 16.5 Å². The second-order valence-electron chi connectivity index (χ2n) is 3.53. The highest BCUT2D eigenvalue weighted by Crippen LogP contribution is 2.15. The Morgan fingerprint density at radius 1 is 1.44 bits per heavy atom. The number of nitrogens with one attached hydrogen (secondary N) is 1. The number of rotatable bonds is 6. The van der Waals surface area contributed by atoms with Gasteiger partial charge in [-0.15, -0.1) is 0 Å². The van der Waals surface area contributed by atoms with Crippen molar-refractivity contribution in [1.29, 1.82) is 0 Å². The van der Waals surface area contributed by atoms with Gasteiger partial charge in [-0.2, -0.15) is 0 Å². The van der Waals surface area contributed by atoms with Gasteiger partial charge in [0.15, 0.2) is 0 Å². The molecule has 1 atom stereocenters. The van der Waals surface area contributed by atoms with Crippen LogP contribution in [-0.4, -0.2) is 39.9 Å². The molecule has 0 aromatic heterocycles. The summed E-state index contributed by atoms with van der Waals surface area (Å²) in [6.07, 6.45) is 0. The van der Waals surface area contributed by atoms with Crippen molar-refractivity contribution in [2.75, 3.05) is 20.3 Å². The second-order valence-corrected chi connectivity index (χ2v) is 5.21. The predicted molar refractivity (Wildman–Crippen MR) is 59.4 cm³/mol. The van der Waals surface area contributed by atoms with Gasteiger partial charge in [-0.3, -0.25) is 0 Å². The van der Waals surface area contributed by atoms with Crippen LogP contribution >= 0.6 is 0 Å². The van der Waals surface area contributed by atoms with Crippen molar-refractivity contribution < 1.29 is 27.0 Å². The molecule has 0 bridgehead atoms. The minimum Gasteiger partial charge on any atom is -0.395 e. The number of aliphatic hydroxyl groups is 1. The fourth-order valence-electron chi connectivity index (χ4n) is 1.29. The first kappa shape index (κ1) is 15.0. The third kappa shape index (κ3) is 3.70. The van der Waals surface area contributed by atoms with Crippen molar-refractivity contribution >= 4 is 10.0 Å². The van der Waals surface area contributed by atoms with E-state index in [2.05, 4.69) is 4.74 Å². The summed E-state index contributed by atoms with van der Waals surface area (Å²) in [7, 11) is -2.93. The average Bonchev–Trinajstić information content (AvgIpc) is 2.31. The Labute approximate surface area is 103 Å². The lowest BCUT2D eigenvalue weighted by atomic mass is 10.3. The van der Waals surface area contributed by atoms with E-state index >= 15 is 0 Å². The van der Waals surface area contributed by atoms with Crippen LogP contribution in [0.1, 0.15) is 0 Å². The molecular formula is C10H13F2NO4S. The summed E-state index contributed by atoms with van der Waals surface area (Å²) in [5.41, 5.74) is 0. The van der Waals surface area contributed by atoms with Gasteiger partial charge in [-0.05, 0) is 18.2 Å². The second kappa shape index (κ2) is 6.19. The molecule has 1 rings (SSSR count). The lowest BCUT2D eigenvalue weighted by Gasteiger charge is -2.15. The quantitative estimate of drug-likeness (QED) is 0.784. The highest BCUT2D eigenvalue weighted by Gasteiger charge is 2.23. The van der Waals surface area contributed by atoms with Gasteiger partial charge < -0.3 is 9.84 Å². The Hall–Kier alpha value is -1.09. The van der Waals surface area contributed by atoms with Crippen LogP contribution in [0.4, 0.5) is 8.78 Å². The maximum absolute atomic E-state index is 13.3. The van der Waals surface area contributed by atoms with Gasteiger partial charge in [-0.1, -0.05) is 0 Å². The Morgan fingerprint density at radius 3 is 2.67 bits per heavy atom. The van der Waals surface area contributed by atoms with E-state index in [-0.39, 0.29) is 6.61 Å². The summed E-state index contributed by atoms with van der Waals surface area (Å²) in [6.45, 7) is -0.614. The van der Waals surface area contributed by atoms with Gasteiger partial charge >= 0.3 is 0 Å². The van der Waals surface area contributed by atoms with Crippen molar-refractivity contribution in [2.24, 2.45) is 0 Å². The van der Waals surface area contributed by atoms with E-state index in [9.17, 15) is 17.2 Å². The Kier molecular flexibility index (Phi) is 5.15. The fraction of sp³-hybridized carbons (Fsp3) is 0.400. The molecule has 2 N–H and O–H groups in total. The van der Waals surface area contributed by atoms with E-state index in [1.54, 1.807) is 0 Å². The van der Waals surface area contributed by atoms with Gasteiger partial charge in [0.05, 0.1) is 19.3 Å². The zero-order valence-corrected chi connectivity index (χ0v) is 10.4. The normalized spacial score (nSPS) is 13.6. The molecule has 0 radical (unpaired) electrons. The summed E-state index contributed by atoms with van der Waals surface area (Å²) in [5, 5.41) is 8.92. The van der Waals surface area contributed by atoms with Crippen LogP contribution in [0.2, 0.25) is 0 Å². The molecule has 0 amide bonds. The van der Waals surface area contributed by atoms with Gasteiger partial charge in [0.2, 0.25) is 10.0 Å². The molecule has 0 saturated heterocycles. The number of methoxy groups -OCH3 is 1. The average molecular weight is 281 g/mol. The molecule has 0 aliphatic rings. The van der Waals surface area contributed by atoms with E-state index in [4.69, 9.17) is 5.11 Å². The molecule has 5 nitrogen and oxygen atoms in total. The van der Waals surface area contributed by atoms with E-state index in [0.717, 1.165) is 6.07 Å². The standard InChI is InChI=1S/C10H13F2NO4S/c1-17-6-8(5-14)13-18(15,16)10-4-7(11)2-3-9(10)12/h2-4,8,13-14H,5-6H2,1H3. The minimum atomic E-state index is -4.25. The SMILES string of the molecule is COCC(CO)NS(=O)(=O)c1cc(F)ccc1F. The summed E-state index contributed by atoms with van der Waals surface area (Å²) in [5.74, 6) is -1.94. The Morgan fingerprint density at radius 2 is 2.11 bits per heavy atom. The number of hydrogen-bond donors (Lipinski definition) is 2. The van der Waals surface area contributed by atoms with Gasteiger partial charge in [-0.25, -0.2) is 21.9 Å². The predicted octanol–water partition coefficient (Wildman–Crippen LogP) is 0.250. The zero-order valence-electron chi connectivity index (χ0n) is 9.56. The molecule has 0 fully saturated rings. The van der Waals surface area contributed by atoms with Crippen LogP contribution in [0.15, 0.2) is 23.1 Å². The highest BCUT2D eigenvalue weighted by molar-refractivity contribution is 7.89. The topological polar surface area (TPSA) is 75.6 Å². The molecule has 18 heavy (non-hydrogen) atoms. The summed E-state index contributed by atoms with van der Waals surface area (Å²) < 4.78 is 56.5. The molecule has 0 spiro atoms. The maximum Gasteiger partial charge on any atom is 0.244 e. The van der Waals surface area contributed by atoms with Crippen LogP contribution in [0.5, 0.6) is 0 Å². The maximum atomic E-state index is 13.3. The molecule has 1 unspecified atom stereocenters. The van der Waals surface area contributed by atoms with Crippen LogP contribution in [0.25, 0.3) is 0 Å². The lowest BCUT2D eigenvalue weighted by molar-refractivity contribution is 0.139. The molecule has 1 aromatic carbocycles. The van der Waals surface area contributed by atoms with E-state index in [1.165, 1.54) is 7.11 Å². The van der Waals surface area contributed by atoms with E-state index in [0.29, 0.717) is 12.1 Å². The molecule has 0 aliphatic carbocycles. The first-order valence-corrected chi connectivity index (χ1v) is 6.46. The molecule has 0 aliphatic heterocycles. The minimum absolute atomic E-state index is 0.0906. The van der Waals surface area contributed by atoms with Crippen LogP contribution < -0.4 is 4.72 Å². The van der Waals surface area contributed by atoms with Crippen LogP contribution in [-0.2, 0) is 14.8 Å². The first-order chi connectivity index (χ1) is 8.40. The smallest absolute Gasteiger partial charge is 0.244 e. The van der Waals surface area contributed by atoms with Crippen LogP contribution in [0, 0.1) is 11.6 Å². The van der Waals surface area contributed by atoms with Gasteiger partial charge in [0, 0.05) is 7.11 Å². The molecule has 8 heteroatoms. The van der Waals surface area contributed by atoms with E-state index in [1.807, 2.05) is 4.72 Å². The number of hydrogen-bond acceptors (Lipinski definition) is 4. The first-order valence-electron chi connectivity index (χ1n) is 4.98. The third-order valence-electron chi connectivity index (χ3n) is 2.09. The van der Waals surface area contributed by atoms with Gasteiger partial charge in [0.25, 0.3) is 0 Å². The largest absolute Gasteiger partial charge is 0.395 e. The fourth-order valence-corrected chi connectivity index (χ4v) is 2.59. The van der Waals surface area contributed by atoms with E-state index < -0.39 is 39.2 Å². The van der Waals surface area contributed by atoms with Crippen molar-refractivity contribution in [3.8, 4) is 0 Å². The molecule has 1 aromatic rings.